The van der Waals surface area contributed by atoms with Crippen LogP contribution in [-0.4, -0.2) is 32.7 Å². The maximum Gasteiger partial charge on any atom is 2.00 e. The van der Waals surface area contributed by atoms with E-state index in [1.807, 2.05) is 0 Å². The Hall–Kier alpha value is -1.96. The van der Waals surface area contributed by atoms with Gasteiger partial charge in [0.25, 0.3) is 0 Å². The monoisotopic (exact) mass is 584 g/mol. The SMILES string of the molecule is F[B-](F)(F)F.F[B-](F)(F)F.F[B-](F)(F)F.N.N.N.N.N=O.NC(=O)c1ccncc1.[Ru+2]. The number of nitrogens with one attached hydrogen (secondary N) is 1. The van der Waals surface area contributed by atoms with Crippen LogP contribution in [0.4, 0.5) is 51.8 Å². The summed E-state index contributed by atoms with van der Waals surface area (Å²) < 4.78 is 117. The minimum Gasteiger partial charge on any atom is -0.418 e. The second kappa shape index (κ2) is 28.0. The van der Waals surface area contributed by atoms with Crippen molar-refractivity contribution in [1.82, 2.24) is 29.6 Å². The summed E-state index contributed by atoms with van der Waals surface area (Å²) in [5.41, 5.74) is 9.94. The molecule has 192 valence electrons. The minimum absolute atomic E-state index is 0. The molecule has 0 unspecified atom stereocenters. The molecule has 1 aromatic heterocycles. The molecule has 1 aromatic rings. The number of halogens is 12. The number of hydrogen-bond donors (Lipinski definition) is 6. The molecule has 1 rings (SSSR count). The normalized spacial score (nSPS) is 8.52. The van der Waals surface area contributed by atoms with Crippen LogP contribution in [0.15, 0.2) is 24.5 Å². The maximum atomic E-state index is 10.4. The van der Waals surface area contributed by atoms with Crippen molar-refractivity contribution in [2.75, 3.05) is 0 Å². The summed E-state index contributed by atoms with van der Waals surface area (Å²) in [6.45, 7) is 0. The molecule has 0 aliphatic carbocycles. The number of rotatable bonds is 1. The van der Waals surface area contributed by atoms with E-state index in [1.54, 1.807) is 12.1 Å². The van der Waals surface area contributed by atoms with Gasteiger partial charge in [0.15, 0.2) is 0 Å². The van der Waals surface area contributed by atoms with Gasteiger partial charge < -0.3 is 82.1 Å². The van der Waals surface area contributed by atoms with Crippen LogP contribution in [-0.2, 0) is 19.5 Å². The number of hydrogen-bond acceptors (Lipinski definition) is 8. The van der Waals surface area contributed by atoms with E-state index < -0.39 is 27.7 Å². The second-order valence-electron chi connectivity index (χ2n) is 3.08. The Labute approximate surface area is 180 Å². The van der Waals surface area contributed by atoms with E-state index in [-0.39, 0.29) is 44.1 Å². The smallest absolute Gasteiger partial charge is 0.418 e. The zero-order valence-electron chi connectivity index (χ0n) is 15.1. The number of carbonyl (C=O) groups excluding carboxylic acids is 1. The van der Waals surface area contributed by atoms with Crippen LogP contribution >= 0.6 is 0 Å². The molecule has 0 saturated heterocycles. The number of primary amides is 1. The number of aromatic nitrogens is 1. The van der Waals surface area contributed by atoms with Crippen molar-refractivity contribution in [3.05, 3.63) is 35.0 Å². The molecule has 0 atom stereocenters. The van der Waals surface area contributed by atoms with Crippen molar-refractivity contribution in [1.29, 1.82) is 5.59 Å². The van der Waals surface area contributed by atoms with Gasteiger partial charge in [-0.05, 0) is 12.1 Å². The average molecular weight is 583 g/mol. The Morgan fingerprint density at radius 1 is 0.677 bits per heavy atom. The van der Waals surface area contributed by atoms with Crippen molar-refractivity contribution < 1.29 is 76.1 Å². The number of pyridine rings is 1. The van der Waals surface area contributed by atoms with Gasteiger partial charge in [0.05, 0.1) is 0 Å². The van der Waals surface area contributed by atoms with Crippen molar-refractivity contribution in [2.24, 2.45) is 5.73 Å². The number of nitrogens with zero attached hydrogens (tertiary/aromatic N) is 1. The van der Waals surface area contributed by atoms with E-state index >= 15 is 0 Å². The van der Waals surface area contributed by atoms with E-state index in [9.17, 15) is 56.6 Å². The predicted octanol–water partition coefficient (Wildman–Crippen LogP) is 5.06. The number of nitrogens with two attached hydrogens (primary N) is 1. The molecule has 15 N–H and O–H groups in total. The van der Waals surface area contributed by atoms with Crippen LogP contribution < -0.4 is 30.3 Å². The average Bonchev–Trinajstić information content (AvgIpc) is 2.36. The summed E-state index contributed by atoms with van der Waals surface area (Å²) in [4.78, 5) is 21.6. The number of nitroso groups, excluding NO2 is 1. The molecule has 1 heterocycles. The Bertz CT molecular complexity index is 438. The summed E-state index contributed by atoms with van der Waals surface area (Å²) in [5.74, 6) is -0.419. The van der Waals surface area contributed by atoms with Crippen molar-refractivity contribution in [3.63, 3.8) is 0 Å². The van der Waals surface area contributed by atoms with Gasteiger partial charge >= 0.3 is 41.2 Å². The topological polar surface area (TPSA) is 237 Å². The molecule has 0 spiro atoms. The summed E-state index contributed by atoms with van der Waals surface area (Å²) in [5, 5.41) is 0. The third-order valence-electron chi connectivity index (χ3n) is 0.965. The Morgan fingerprint density at radius 3 is 0.935 bits per heavy atom. The van der Waals surface area contributed by atoms with Gasteiger partial charge in [-0.15, -0.1) is 0 Å². The van der Waals surface area contributed by atoms with E-state index in [1.165, 1.54) is 12.4 Å². The van der Waals surface area contributed by atoms with E-state index in [0.717, 1.165) is 0 Å². The van der Waals surface area contributed by atoms with Crippen molar-refractivity contribution >= 4 is 27.7 Å². The molecule has 0 aliphatic rings. The largest absolute Gasteiger partial charge is 2.00 e. The first-order valence-corrected chi connectivity index (χ1v) is 5.33. The van der Waals surface area contributed by atoms with Gasteiger partial charge in [0.2, 0.25) is 5.91 Å². The van der Waals surface area contributed by atoms with Gasteiger partial charge in [-0.2, -0.15) is 4.91 Å². The Morgan fingerprint density at radius 2 is 0.839 bits per heavy atom. The first-order valence-electron chi connectivity index (χ1n) is 5.33. The quantitative estimate of drug-likeness (QED) is 0.149. The van der Waals surface area contributed by atoms with Gasteiger partial charge in [-0.3, -0.25) is 9.78 Å². The summed E-state index contributed by atoms with van der Waals surface area (Å²) in [6.07, 6.45) is 3.06. The van der Waals surface area contributed by atoms with Crippen LogP contribution in [0.25, 0.3) is 0 Å². The molecule has 9 nitrogen and oxygen atoms in total. The van der Waals surface area contributed by atoms with Crippen LogP contribution in [0.2, 0.25) is 0 Å². The molecule has 0 saturated carbocycles. The molecule has 1 amide bonds. The first kappa shape index (κ1) is 56.9. The molecule has 0 radical (unpaired) electrons. The maximum absolute atomic E-state index is 10.4. The molecule has 0 fully saturated rings. The number of amides is 1. The zero-order chi connectivity index (χ0) is 22.2. The van der Waals surface area contributed by atoms with Crippen LogP contribution in [0.1, 0.15) is 10.4 Å². The predicted molar refractivity (Wildman–Crippen MR) is 89.5 cm³/mol. The Balaban J connectivity index is -0.0000000284. The fourth-order valence-electron chi connectivity index (χ4n) is 0.516. The third-order valence-corrected chi connectivity index (χ3v) is 0.965. The third kappa shape index (κ3) is 189. The summed E-state index contributed by atoms with van der Waals surface area (Å²) in [7, 11) is -18.0. The molecule has 0 bridgehead atoms. The van der Waals surface area contributed by atoms with Crippen LogP contribution in [0.3, 0.4) is 0 Å². The van der Waals surface area contributed by atoms with Crippen molar-refractivity contribution in [3.8, 4) is 0 Å². The number of carbonyl (C=O) groups is 1. The second-order valence-corrected chi connectivity index (χ2v) is 3.08. The van der Waals surface area contributed by atoms with Crippen LogP contribution in [0.5, 0.6) is 0 Å². The van der Waals surface area contributed by atoms with Crippen molar-refractivity contribution in [2.45, 2.75) is 0 Å². The molecule has 0 aliphatic heterocycles. The van der Waals surface area contributed by atoms with Gasteiger partial charge in [0, 0.05) is 18.0 Å². The van der Waals surface area contributed by atoms with Gasteiger partial charge in [-0.1, -0.05) is 5.59 Å². The zero-order valence-corrected chi connectivity index (χ0v) is 16.8. The van der Waals surface area contributed by atoms with E-state index in [4.69, 9.17) is 10.6 Å². The van der Waals surface area contributed by atoms with E-state index in [2.05, 4.69) is 10.6 Å². The molecule has 0 aromatic carbocycles. The van der Waals surface area contributed by atoms with Gasteiger partial charge in [-0.25, -0.2) is 0 Å². The summed E-state index contributed by atoms with van der Waals surface area (Å²) >= 11 is 0. The molecular weight excluding hydrogens is 564 g/mol. The van der Waals surface area contributed by atoms with E-state index in [0.29, 0.717) is 5.56 Å². The minimum atomic E-state index is -6.00. The summed E-state index contributed by atoms with van der Waals surface area (Å²) in [6, 6.07) is 3.14. The molecular formula is C6H19B3F12N7O2Ru-. The standard InChI is InChI=1S/C6H6N2O.3BF4.HNO.4H3N.Ru/c7-6(9)5-1-3-8-4-2-5;3*2-1(3,4)5;1-2;;;;;/h1-4H,(H2,7,9);;;;1H;4*1H3;/q;3*-1;;;;;;+2. The fourth-order valence-corrected chi connectivity index (χ4v) is 0.516. The van der Waals surface area contributed by atoms with Crippen LogP contribution in [0, 0.1) is 10.5 Å². The Kier molecular flexibility index (Phi) is 51.4. The first-order chi connectivity index (χ1) is 11.3. The molecule has 25 heteroatoms. The molecule has 31 heavy (non-hydrogen) atoms. The fraction of sp³-hybridized carbons (Fsp3) is 0. The van der Waals surface area contributed by atoms with Gasteiger partial charge in [0.1, 0.15) is 0 Å².